The number of phenolic OH excluding ortho intramolecular Hbond substituents is 4. The number of carboxylic acids is 1. The van der Waals surface area contributed by atoms with E-state index in [-0.39, 0.29) is 45.4 Å². The van der Waals surface area contributed by atoms with Crippen LogP contribution in [0.15, 0.2) is 115 Å². The molecule has 0 spiro atoms. The summed E-state index contributed by atoms with van der Waals surface area (Å²) in [5.41, 5.74) is 0.219. The maximum atomic E-state index is 17.0. The Bertz CT molecular complexity index is 5560. The van der Waals surface area contributed by atoms with Gasteiger partial charge in [-0.05, 0) is 131 Å². The maximum absolute atomic E-state index is 17.0. The number of hydrogen-bond acceptors (Lipinski definition) is 33. The molecule has 132 heavy (non-hydrogen) atoms. The number of aromatic hydroxyl groups is 4. The zero-order valence-electron chi connectivity index (χ0n) is 70.4. The van der Waals surface area contributed by atoms with Crippen LogP contribution in [-0.2, 0) is 68.5 Å². The summed E-state index contributed by atoms with van der Waals surface area (Å²) < 4.78 is 57.4. The molecule has 42 nitrogen and oxygen atoms in total. The van der Waals surface area contributed by atoms with Crippen molar-refractivity contribution in [3.63, 3.8) is 0 Å². The molecule has 17 bridgehead atoms. The van der Waals surface area contributed by atoms with Gasteiger partial charge in [0.15, 0.2) is 35.3 Å². The molecule has 3 saturated heterocycles. The molecule has 9 aliphatic rings. The Hall–Kier alpha value is -12.0. The molecule has 706 valence electrons. The van der Waals surface area contributed by atoms with Crippen LogP contribution in [0.25, 0.3) is 11.1 Å². The van der Waals surface area contributed by atoms with E-state index in [1.54, 1.807) is 0 Å². The summed E-state index contributed by atoms with van der Waals surface area (Å²) in [5, 5.41) is 193. The van der Waals surface area contributed by atoms with Crippen molar-refractivity contribution in [3.8, 4) is 80.1 Å². The summed E-state index contributed by atoms with van der Waals surface area (Å²) in [4.78, 5) is 138. The Morgan fingerprint density at radius 1 is 0.508 bits per heavy atom. The van der Waals surface area contributed by atoms with Gasteiger partial charge in [0, 0.05) is 48.6 Å². The average molecular weight is 1880 g/mol. The molecule has 44 heteroatoms. The molecule has 25 N–H and O–H groups in total. The van der Waals surface area contributed by atoms with Crippen molar-refractivity contribution < 1.29 is 168 Å². The third-order valence-electron chi connectivity index (χ3n) is 23.5. The molecule has 7 aromatic carbocycles. The van der Waals surface area contributed by atoms with Gasteiger partial charge >= 0.3 is 0 Å². The fraction of sp³-hybridized carbons (Fsp3) is 0.420. The maximum Gasteiger partial charge on any atom is 0.283 e. The minimum atomic E-state index is -2.69. The van der Waals surface area contributed by atoms with E-state index in [0.29, 0.717) is 18.8 Å². The quantitative estimate of drug-likeness (QED) is 0.0430. The second-order valence-corrected chi connectivity index (χ2v) is 34.1. The Kier molecular flexibility index (Phi) is 29.5. The highest BCUT2D eigenvalue weighted by Crippen LogP contribution is 2.51. The molecule has 23 atom stereocenters. The van der Waals surface area contributed by atoms with Crippen molar-refractivity contribution >= 4 is 76.4 Å². The van der Waals surface area contributed by atoms with E-state index in [1.165, 1.54) is 36.4 Å². The van der Waals surface area contributed by atoms with Crippen molar-refractivity contribution in [3.05, 3.63) is 164 Å². The highest BCUT2D eigenvalue weighted by molar-refractivity contribution is 6.32. The zero-order chi connectivity index (χ0) is 94.9. The van der Waals surface area contributed by atoms with Crippen LogP contribution in [0.4, 0.5) is 0 Å². The second-order valence-electron chi connectivity index (χ2n) is 33.2. The van der Waals surface area contributed by atoms with Crippen molar-refractivity contribution in [2.24, 2.45) is 5.92 Å². The number of carbonyl (C=O) groups is 9. The Morgan fingerprint density at radius 2 is 1.06 bits per heavy atom. The van der Waals surface area contributed by atoms with Gasteiger partial charge in [0.05, 0.1) is 41.9 Å². The molecule has 0 aliphatic carbocycles. The highest BCUT2D eigenvalue weighted by Gasteiger charge is 2.52. The number of hydrogen-bond donors (Lipinski definition) is 23. The number of fused-ring (bicyclic) bond motifs is 14. The molecule has 16 rings (SSSR count). The summed E-state index contributed by atoms with van der Waals surface area (Å²) in [5.74, 6) is -19.3. The number of benzene rings is 7. The smallest absolute Gasteiger partial charge is 0.283 e. The summed E-state index contributed by atoms with van der Waals surface area (Å²) >= 11 is 14.7. The number of nitrogens with one attached hydrogen (secondary N) is 8. The number of ether oxygens (including phenoxy) is 9. The first-order valence-electron chi connectivity index (χ1n) is 42.0. The summed E-state index contributed by atoms with van der Waals surface area (Å²) in [6, 6.07) is 0.917. The van der Waals surface area contributed by atoms with Gasteiger partial charge in [0.1, 0.15) is 150 Å². The van der Waals surface area contributed by atoms with Crippen LogP contribution in [0.2, 0.25) is 10.0 Å². The molecule has 0 aromatic heterocycles. The number of quaternary nitrogens is 1. The molecule has 3 fully saturated rings. The minimum absolute atomic E-state index is 0.136. The first-order chi connectivity index (χ1) is 62.9. The fourth-order valence-corrected chi connectivity index (χ4v) is 17.0. The predicted octanol–water partition coefficient (Wildman–Crippen LogP) is -1.03. The number of aliphatic hydroxyl groups is 10. The van der Waals surface area contributed by atoms with E-state index in [1.807, 2.05) is 0 Å². The van der Waals surface area contributed by atoms with Crippen LogP contribution >= 0.6 is 23.2 Å². The number of rotatable bonds is 19. The molecular weight excluding hydrogens is 1780 g/mol. The van der Waals surface area contributed by atoms with Crippen molar-refractivity contribution in [2.45, 2.75) is 206 Å². The van der Waals surface area contributed by atoms with Crippen molar-refractivity contribution in [1.29, 1.82) is 0 Å². The van der Waals surface area contributed by atoms with E-state index >= 15 is 24.0 Å². The zero-order valence-corrected chi connectivity index (χ0v) is 71.9. The van der Waals surface area contributed by atoms with Crippen molar-refractivity contribution in [1.82, 2.24) is 42.5 Å². The Labute approximate surface area is 759 Å². The largest absolute Gasteiger partial charge is 0.548 e. The first kappa shape index (κ1) is 96.0. The SMILES string of the molecule is CC(=O)N[C@H]1[C@H](O[C@@H]2c3ccc(c(Cl)c3)Oc3cc4cc(c3O[C@@H]3O[C@H](CO)[C@@H](O)[C@H](O)[C@H]3NC(=O)CCCCCCC(C)C)Oc3ccc(cc3Cl)C[C@H]3NC(=O)[C@H]([NH3+])c5ccc(O)c(c5)Oc5cc(O)cc(c5)[C@H](NC3=O)C(=O)N[C@H]4C(=O)N[C@H]3C(=O)N[C@@H]2C(=O)N[C@@H](C(=O)[O-])c2cc(O)cc(O[C@H]4O[C@H](CO)[C@@H](O)[C@H](O)[C@@H]4O)c2-c2cc3ccc2O)O[C@H](CO)[C@@H](O)[C@@H]1O. The van der Waals surface area contributed by atoms with Gasteiger partial charge in [-0.2, -0.15) is 0 Å². The molecular formula is C88H97Cl2N9O33. The topological polar surface area (TPSA) is 667 Å². The Balaban J connectivity index is 1.04. The van der Waals surface area contributed by atoms with Crippen LogP contribution in [0, 0.1) is 5.92 Å². The van der Waals surface area contributed by atoms with Gasteiger partial charge < -0.3 is 172 Å². The number of carboxylic acid groups (broad SMARTS) is 1. The van der Waals surface area contributed by atoms with Crippen LogP contribution in [0.1, 0.15) is 135 Å². The standard InChI is InChI=1S/C88H97Cl2N9O33/c1-33(2)8-6-4-5-7-9-60(108)94-68-74(113)71(110)58(31-101)129-87(68)132-78-55-25-40-26-56(78)126-52-17-13-38(23-47(52)90)77(131-86-67(92-34(3)103)73(112)70(109)57(30-100)128-86)69-84(121)98-66(85(122)123)45-28-42(105)29-54(127-88-76(115)75(114)72(111)59(32-102)130-88)61(45)44-22-37(12-14-49(44)106)63(81(118)99-69)96-83(120)65(40)97-82(119)64-39-20-41(104)27-43(21-39)124-53-24-36(11-15-50(53)107)62(91)80(117)93-48(79(116)95-64)19-35-10-16-51(125-55)46(89)18-35/h10-18,20-29,33,48,57-59,62-77,86-88,100-102,104-107,109-115H,4-9,19,30-32,91H2,1-3H3,(H,92,103)(H,93,117)(H,94,108)(H,95,116)(H,96,120)(H,97,119)(H,98,121)(H,99,118)(H,122,123)/t48-,57-,58-,59-,62-,63-,64+,65-,66-,67-,68-,69+,70-,71-,72-,73-,74-,75+,76+,77-,86+,87+,88+/m1/s1. The summed E-state index contributed by atoms with van der Waals surface area (Å²) in [6.45, 7) is 1.95. The monoisotopic (exact) mass is 1880 g/mol. The average Bonchev–Trinajstić information content (AvgIpc) is 0.748. The van der Waals surface area contributed by atoms with Crippen LogP contribution < -0.4 is 77.1 Å². The predicted molar refractivity (Wildman–Crippen MR) is 449 cm³/mol. The fourth-order valence-electron chi connectivity index (χ4n) is 16.5. The van der Waals surface area contributed by atoms with E-state index in [0.717, 1.165) is 105 Å². The minimum Gasteiger partial charge on any atom is -0.548 e. The normalized spacial score (nSPS) is 28.9. The lowest BCUT2D eigenvalue weighted by Crippen LogP contribution is -2.65. The van der Waals surface area contributed by atoms with Gasteiger partial charge in [-0.3, -0.25) is 38.4 Å². The van der Waals surface area contributed by atoms with Crippen LogP contribution in [0.3, 0.4) is 0 Å². The summed E-state index contributed by atoms with van der Waals surface area (Å²) in [6.07, 6.45) is -26.0. The molecule has 9 aliphatic heterocycles. The number of carbonyl (C=O) groups excluding carboxylic acids is 9. The second kappa shape index (κ2) is 40.6. The Morgan fingerprint density at radius 3 is 1.69 bits per heavy atom. The lowest BCUT2D eigenvalue weighted by Gasteiger charge is -2.44. The van der Waals surface area contributed by atoms with E-state index in [9.17, 15) is 95.8 Å². The van der Waals surface area contributed by atoms with Crippen LogP contribution in [0.5, 0.6) is 69.0 Å². The van der Waals surface area contributed by atoms with Gasteiger partial charge in [-0.25, -0.2) is 0 Å². The lowest BCUT2D eigenvalue weighted by atomic mass is 9.89. The molecule has 8 amide bonds. The number of halogens is 2. The molecule has 9 heterocycles. The number of aliphatic hydroxyl groups excluding tert-OH is 10. The third kappa shape index (κ3) is 20.7. The van der Waals surface area contributed by atoms with Crippen molar-refractivity contribution in [2.75, 3.05) is 19.8 Å². The van der Waals surface area contributed by atoms with Crippen LogP contribution in [-0.4, -0.2) is 249 Å². The van der Waals surface area contributed by atoms with Gasteiger partial charge in [0.2, 0.25) is 59.7 Å². The van der Waals surface area contributed by atoms with E-state index in [4.69, 9.17) is 65.8 Å². The van der Waals surface area contributed by atoms with Gasteiger partial charge in [-0.1, -0.05) is 80.9 Å². The molecule has 0 radical (unpaired) electrons. The third-order valence-corrected chi connectivity index (χ3v) is 24.0. The summed E-state index contributed by atoms with van der Waals surface area (Å²) in [7, 11) is 0. The molecule has 7 aromatic rings. The van der Waals surface area contributed by atoms with E-state index in [2.05, 4.69) is 62.1 Å². The molecule has 0 saturated carbocycles. The highest BCUT2D eigenvalue weighted by atomic mass is 35.5. The van der Waals surface area contributed by atoms with Gasteiger partial charge in [-0.15, -0.1) is 0 Å². The lowest BCUT2D eigenvalue weighted by molar-refractivity contribution is -0.409. The number of amides is 8. The number of aliphatic carboxylic acids is 1. The first-order valence-corrected chi connectivity index (χ1v) is 42.8. The van der Waals surface area contributed by atoms with Gasteiger partial charge in [0.25, 0.3) is 5.91 Å². The molecule has 0 unspecified atom stereocenters. The number of phenols is 4. The number of unbranched alkanes of at least 4 members (excludes halogenated alkanes) is 3. The van der Waals surface area contributed by atoms with E-state index < -0.39 is 310 Å².